The Morgan fingerprint density at radius 3 is 2.10 bits per heavy atom. The van der Waals surface area contributed by atoms with Gasteiger partial charge in [0.05, 0.1) is 0 Å². The quantitative estimate of drug-likeness (QED) is 0.835. The number of hydrogen-bond donors (Lipinski definition) is 0. The maximum Gasteiger partial charge on any atom is 0.225 e. The lowest BCUT2D eigenvalue weighted by atomic mass is 9.84. The van der Waals surface area contributed by atoms with E-state index in [0.29, 0.717) is 21.9 Å². The zero-order valence-corrected chi connectivity index (χ0v) is 12.8. The van der Waals surface area contributed by atoms with Crippen LogP contribution in [-0.4, -0.2) is 37.0 Å². The third-order valence-corrected chi connectivity index (χ3v) is 4.69. The molecule has 3 nitrogen and oxygen atoms in total. The lowest BCUT2D eigenvalue weighted by Crippen LogP contribution is -2.51. The Labute approximate surface area is 129 Å². The number of carbonyl (C=O) groups is 1. The number of benzene rings is 1. The lowest BCUT2D eigenvalue weighted by molar-refractivity contribution is -0.138. The van der Waals surface area contributed by atoms with Gasteiger partial charge < -0.3 is 9.80 Å². The summed E-state index contributed by atoms with van der Waals surface area (Å²) in [5, 5.41) is 1.31. The molecule has 108 valence electrons. The Morgan fingerprint density at radius 1 is 1.00 bits per heavy atom. The molecule has 1 aromatic carbocycles. The summed E-state index contributed by atoms with van der Waals surface area (Å²) < 4.78 is 0. The van der Waals surface area contributed by atoms with Crippen LogP contribution in [0.5, 0.6) is 0 Å². The van der Waals surface area contributed by atoms with Crippen LogP contribution in [0.3, 0.4) is 0 Å². The number of carbonyl (C=O) groups excluding carboxylic acids is 1. The van der Waals surface area contributed by atoms with Crippen molar-refractivity contribution in [3.05, 3.63) is 28.2 Å². The number of hydrogen-bond acceptors (Lipinski definition) is 2. The Kier molecular flexibility index (Phi) is 4.08. The van der Waals surface area contributed by atoms with E-state index in [4.69, 9.17) is 23.2 Å². The first-order valence-corrected chi connectivity index (χ1v) is 7.89. The molecule has 1 saturated carbocycles. The molecule has 3 rings (SSSR count). The highest BCUT2D eigenvalue weighted by atomic mass is 35.5. The molecule has 1 saturated heterocycles. The largest absolute Gasteiger partial charge is 0.368 e. The first kappa shape index (κ1) is 14.0. The van der Waals surface area contributed by atoms with Crippen molar-refractivity contribution in [1.82, 2.24) is 4.90 Å². The van der Waals surface area contributed by atoms with Crippen molar-refractivity contribution in [3.8, 4) is 0 Å². The Hall–Kier alpha value is -0.930. The van der Waals surface area contributed by atoms with Gasteiger partial charge in [0.2, 0.25) is 5.91 Å². The monoisotopic (exact) mass is 312 g/mol. The summed E-state index contributed by atoms with van der Waals surface area (Å²) in [6.45, 7) is 3.27. The number of amides is 1. The number of anilines is 1. The average molecular weight is 313 g/mol. The van der Waals surface area contributed by atoms with E-state index in [1.165, 1.54) is 6.42 Å². The van der Waals surface area contributed by atoms with E-state index in [0.717, 1.165) is 44.7 Å². The van der Waals surface area contributed by atoms with Crippen LogP contribution in [0.25, 0.3) is 0 Å². The second kappa shape index (κ2) is 5.82. The molecule has 1 heterocycles. The average Bonchev–Trinajstić information content (AvgIpc) is 2.35. The molecule has 20 heavy (non-hydrogen) atoms. The molecule has 5 heteroatoms. The molecule has 0 spiro atoms. The van der Waals surface area contributed by atoms with Crippen molar-refractivity contribution in [3.63, 3.8) is 0 Å². The molecule has 0 unspecified atom stereocenters. The molecule has 0 bridgehead atoms. The van der Waals surface area contributed by atoms with Crippen molar-refractivity contribution in [2.75, 3.05) is 31.1 Å². The number of piperazine rings is 1. The van der Waals surface area contributed by atoms with Gasteiger partial charge in [-0.25, -0.2) is 0 Å². The van der Waals surface area contributed by atoms with Gasteiger partial charge in [0.25, 0.3) is 0 Å². The van der Waals surface area contributed by atoms with Crippen molar-refractivity contribution in [1.29, 1.82) is 0 Å². The molecule has 0 N–H and O–H groups in total. The minimum Gasteiger partial charge on any atom is -0.368 e. The highest BCUT2D eigenvalue weighted by Crippen LogP contribution is 2.30. The summed E-state index contributed by atoms with van der Waals surface area (Å²) >= 11 is 12.1. The van der Waals surface area contributed by atoms with Gasteiger partial charge in [-0.1, -0.05) is 29.6 Å². The van der Waals surface area contributed by atoms with E-state index in [-0.39, 0.29) is 0 Å². The van der Waals surface area contributed by atoms with Crippen LogP contribution in [0.15, 0.2) is 18.2 Å². The SMILES string of the molecule is O=C(C1CCC1)N1CCN(c2cc(Cl)cc(Cl)c2)CC1. The van der Waals surface area contributed by atoms with Crippen LogP contribution >= 0.6 is 23.2 Å². The predicted octanol–water partition coefficient (Wildman–Crippen LogP) is 3.44. The number of nitrogens with zero attached hydrogens (tertiary/aromatic N) is 2. The second-order valence-corrected chi connectivity index (χ2v) is 6.44. The maximum atomic E-state index is 12.2. The molecule has 1 amide bonds. The minimum atomic E-state index is 0.294. The fourth-order valence-electron chi connectivity index (χ4n) is 2.82. The molecular weight excluding hydrogens is 295 g/mol. The molecule has 2 aliphatic rings. The van der Waals surface area contributed by atoms with Gasteiger partial charge in [-0.3, -0.25) is 4.79 Å². The van der Waals surface area contributed by atoms with E-state index < -0.39 is 0 Å². The molecule has 1 aliphatic heterocycles. The van der Waals surface area contributed by atoms with Gasteiger partial charge in [0, 0.05) is 47.8 Å². The molecule has 2 fully saturated rings. The van der Waals surface area contributed by atoms with Gasteiger partial charge in [0.15, 0.2) is 0 Å². The zero-order valence-electron chi connectivity index (χ0n) is 11.3. The summed E-state index contributed by atoms with van der Waals surface area (Å²) in [6, 6.07) is 5.59. The van der Waals surface area contributed by atoms with E-state index in [1.54, 1.807) is 6.07 Å². The lowest BCUT2D eigenvalue weighted by Gasteiger charge is -2.39. The van der Waals surface area contributed by atoms with Crippen LogP contribution in [0.4, 0.5) is 5.69 Å². The minimum absolute atomic E-state index is 0.294. The normalized spacial score (nSPS) is 19.9. The highest BCUT2D eigenvalue weighted by Gasteiger charge is 2.31. The number of rotatable bonds is 2. The van der Waals surface area contributed by atoms with Gasteiger partial charge in [0.1, 0.15) is 0 Å². The van der Waals surface area contributed by atoms with Crippen LogP contribution < -0.4 is 4.90 Å². The summed E-state index contributed by atoms with van der Waals surface area (Å²) in [4.78, 5) is 16.4. The molecule has 0 aromatic heterocycles. The van der Waals surface area contributed by atoms with Crippen LogP contribution in [-0.2, 0) is 4.79 Å². The molecular formula is C15H18Cl2N2O. The second-order valence-electron chi connectivity index (χ2n) is 5.57. The van der Waals surface area contributed by atoms with Crippen molar-refractivity contribution in [2.45, 2.75) is 19.3 Å². The summed E-state index contributed by atoms with van der Waals surface area (Å²) in [5.41, 5.74) is 1.04. The van der Waals surface area contributed by atoms with Gasteiger partial charge in [-0.05, 0) is 31.0 Å². The fraction of sp³-hybridized carbons (Fsp3) is 0.533. The van der Waals surface area contributed by atoms with Crippen molar-refractivity contribution in [2.24, 2.45) is 5.92 Å². The van der Waals surface area contributed by atoms with Crippen LogP contribution in [0, 0.1) is 5.92 Å². The predicted molar refractivity (Wildman–Crippen MR) is 82.6 cm³/mol. The summed E-state index contributed by atoms with van der Waals surface area (Å²) in [6.07, 6.45) is 3.35. The van der Waals surface area contributed by atoms with E-state index in [9.17, 15) is 4.79 Å². The molecule has 1 aromatic rings. The van der Waals surface area contributed by atoms with E-state index >= 15 is 0 Å². The first-order valence-electron chi connectivity index (χ1n) is 7.13. The Morgan fingerprint density at radius 2 is 1.60 bits per heavy atom. The summed E-state index contributed by atoms with van der Waals surface area (Å²) in [5.74, 6) is 0.641. The Bertz CT molecular complexity index is 488. The topological polar surface area (TPSA) is 23.6 Å². The summed E-state index contributed by atoms with van der Waals surface area (Å²) in [7, 11) is 0. The van der Waals surface area contributed by atoms with Gasteiger partial charge in [-0.2, -0.15) is 0 Å². The third kappa shape index (κ3) is 2.89. The zero-order chi connectivity index (χ0) is 14.1. The fourth-order valence-corrected chi connectivity index (χ4v) is 3.33. The highest BCUT2D eigenvalue weighted by molar-refractivity contribution is 6.35. The van der Waals surface area contributed by atoms with E-state index in [1.807, 2.05) is 17.0 Å². The van der Waals surface area contributed by atoms with Crippen LogP contribution in [0.2, 0.25) is 10.0 Å². The van der Waals surface area contributed by atoms with Crippen LogP contribution in [0.1, 0.15) is 19.3 Å². The van der Waals surface area contributed by atoms with Crippen molar-refractivity contribution < 1.29 is 4.79 Å². The van der Waals surface area contributed by atoms with Crippen molar-refractivity contribution >= 4 is 34.8 Å². The maximum absolute atomic E-state index is 12.2. The third-order valence-electron chi connectivity index (χ3n) is 4.26. The Balaban J connectivity index is 1.61. The molecule has 0 radical (unpaired) electrons. The molecule has 0 atom stereocenters. The standard InChI is InChI=1S/C15H18Cl2N2O/c16-12-8-13(17)10-14(9-12)18-4-6-19(7-5-18)15(20)11-2-1-3-11/h8-11H,1-7H2. The first-order chi connectivity index (χ1) is 9.63. The van der Waals surface area contributed by atoms with Gasteiger partial charge >= 0.3 is 0 Å². The molecule has 1 aliphatic carbocycles. The van der Waals surface area contributed by atoms with E-state index in [2.05, 4.69) is 4.90 Å². The number of halogens is 2. The smallest absolute Gasteiger partial charge is 0.225 e. The van der Waals surface area contributed by atoms with Gasteiger partial charge in [-0.15, -0.1) is 0 Å².